The second-order valence-corrected chi connectivity index (χ2v) is 5.73. The van der Waals surface area contributed by atoms with Gasteiger partial charge in [0.1, 0.15) is 0 Å². The lowest BCUT2D eigenvalue weighted by molar-refractivity contribution is -0.111. The molecule has 6 heteroatoms. The van der Waals surface area contributed by atoms with Crippen LogP contribution in [0.4, 0.5) is 5.69 Å². The molecule has 0 bridgehead atoms. The lowest BCUT2D eigenvalue weighted by Gasteiger charge is -2.06. The molecule has 0 aliphatic carbocycles. The largest absolute Gasteiger partial charge is 0.478 e. The molecule has 0 spiro atoms. The molecule has 2 aromatic rings. The number of benzene rings is 1. The minimum absolute atomic E-state index is 0.0391. The Morgan fingerprint density at radius 1 is 1.30 bits per heavy atom. The number of aromatic carboxylic acids is 1. The predicted molar refractivity (Wildman–Crippen MR) is 83.1 cm³/mol. The summed E-state index contributed by atoms with van der Waals surface area (Å²) in [7, 11) is 0. The Morgan fingerprint density at radius 2 is 2.10 bits per heavy atom. The topological polar surface area (TPSA) is 66.4 Å². The average Bonchev–Trinajstić information content (AvgIpc) is 2.91. The zero-order chi connectivity index (χ0) is 14.5. The Hall–Kier alpha value is -1.92. The standard InChI is InChI=1S/C14H10BrNO3S/c15-9-3-5-12(11(8-9)14(18)19)16-13(17)6-4-10-2-1-7-20-10/h1-8H,(H,16,17)(H,18,19). The molecule has 0 unspecified atom stereocenters. The summed E-state index contributed by atoms with van der Waals surface area (Å²) in [6.07, 6.45) is 3.05. The van der Waals surface area contributed by atoms with Crippen molar-refractivity contribution in [3.05, 3.63) is 56.7 Å². The summed E-state index contributed by atoms with van der Waals surface area (Å²) < 4.78 is 0.641. The third kappa shape index (κ3) is 3.79. The third-order valence-electron chi connectivity index (χ3n) is 2.41. The van der Waals surface area contributed by atoms with Crippen LogP contribution in [-0.4, -0.2) is 17.0 Å². The van der Waals surface area contributed by atoms with Crippen molar-refractivity contribution in [2.45, 2.75) is 0 Å². The van der Waals surface area contributed by atoms with E-state index in [0.717, 1.165) is 4.88 Å². The number of hydrogen-bond donors (Lipinski definition) is 2. The Labute approximate surface area is 127 Å². The maximum atomic E-state index is 11.8. The van der Waals surface area contributed by atoms with Gasteiger partial charge in [0, 0.05) is 15.4 Å². The highest BCUT2D eigenvalue weighted by Crippen LogP contribution is 2.21. The predicted octanol–water partition coefficient (Wildman–Crippen LogP) is 3.86. The van der Waals surface area contributed by atoms with Gasteiger partial charge < -0.3 is 10.4 Å². The van der Waals surface area contributed by atoms with Crippen molar-refractivity contribution in [2.75, 3.05) is 5.32 Å². The number of thiophene rings is 1. The molecular formula is C14H10BrNO3S. The monoisotopic (exact) mass is 351 g/mol. The number of anilines is 1. The fourth-order valence-electron chi connectivity index (χ4n) is 1.52. The molecule has 102 valence electrons. The van der Waals surface area contributed by atoms with Crippen molar-refractivity contribution >= 4 is 50.9 Å². The maximum Gasteiger partial charge on any atom is 0.337 e. The smallest absolute Gasteiger partial charge is 0.337 e. The van der Waals surface area contributed by atoms with Crippen LogP contribution in [0, 0.1) is 0 Å². The fraction of sp³-hybridized carbons (Fsp3) is 0. The molecule has 0 aliphatic rings. The van der Waals surface area contributed by atoms with Gasteiger partial charge >= 0.3 is 5.97 Å². The van der Waals surface area contributed by atoms with Crippen molar-refractivity contribution in [1.82, 2.24) is 0 Å². The van der Waals surface area contributed by atoms with Crippen molar-refractivity contribution in [3.8, 4) is 0 Å². The second kappa shape index (κ2) is 6.49. The Balaban J connectivity index is 2.13. The van der Waals surface area contributed by atoms with Gasteiger partial charge in [-0.2, -0.15) is 0 Å². The van der Waals surface area contributed by atoms with Crippen LogP contribution in [0.25, 0.3) is 6.08 Å². The Kier molecular flexibility index (Phi) is 4.70. The normalized spacial score (nSPS) is 10.7. The van der Waals surface area contributed by atoms with Crippen molar-refractivity contribution < 1.29 is 14.7 Å². The van der Waals surface area contributed by atoms with Crippen LogP contribution in [-0.2, 0) is 4.79 Å². The molecule has 1 aromatic heterocycles. The molecular weight excluding hydrogens is 342 g/mol. The van der Waals surface area contributed by atoms with Gasteiger partial charge in [0.15, 0.2) is 0 Å². The molecule has 1 amide bonds. The number of carboxylic acid groups (broad SMARTS) is 1. The SMILES string of the molecule is O=C(C=Cc1cccs1)Nc1ccc(Br)cc1C(=O)O. The number of carbonyl (C=O) groups is 2. The summed E-state index contributed by atoms with van der Waals surface area (Å²) in [6, 6.07) is 8.44. The van der Waals surface area contributed by atoms with E-state index in [9.17, 15) is 9.59 Å². The first-order valence-corrected chi connectivity index (χ1v) is 7.29. The fourth-order valence-corrected chi connectivity index (χ4v) is 2.50. The van der Waals surface area contributed by atoms with E-state index in [2.05, 4.69) is 21.2 Å². The third-order valence-corrected chi connectivity index (χ3v) is 3.74. The highest BCUT2D eigenvalue weighted by molar-refractivity contribution is 9.10. The minimum atomic E-state index is -1.09. The van der Waals surface area contributed by atoms with Crippen LogP contribution < -0.4 is 5.32 Å². The van der Waals surface area contributed by atoms with Gasteiger partial charge in [-0.3, -0.25) is 4.79 Å². The van der Waals surface area contributed by atoms with Crippen molar-refractivity contribution in [1.29, 1.82) is 0 Å². The summed E-state index contributed by atoms with van der Waals surface area (Å²) >= 11 is 4.71. The van der Waals surface area contributed by atoms with E-state index in [0.29, 0.717) is 4.47 Å². The van der Waals surface area contributed by atoms with Gasteiger partial charge in [-0.05, 0) is 35.7 Å². The molecule has 1 aromatic carbocycles. The van der Waals surface area contributed by atoms with Crippen molar-refractivity contribution in [3.63, 3.8) is 0 Å². The van der Waals surface area contributed by atoms with E-state index >= 15 is 0 Å². The Bertz CT molecular complexity index is 665. The van der Waals surface area contributed by atoms with E-state index in [1.54, 1.807) is 18.2 Å². The first kappa shape index (κ1) is 14.5. The zero-order valence-corrected chi connectivity index (χ0v) is 12.6. The van der Waals surface area contributed by atoms with E-state index in [-0.39, 0.29) is 17.2 Å². The second-order valence-electron chi connectivity index (χ2n) is 3.83. The van der Waals surface area contributed by atoms with Gasteiger partial charge in [-0.25, -0.2) is 4.79 Å². The summed E-state index contributed by atoms with van der Waals surface area (Å²) in [4.78, 5) is 23.8. The molecule has 1 heterocycles. The van der Waals surface area contributed by atoms with Crippen LogP contribution in [0.3, 0.4) is 0 Å². The first-order chi connectivity index (χ1) is 9.56. The average molecular weight is 352 g/mol. The van der Waals surface area contributed by atoms with E-state index in [1.165, 1.54) is 23.5 Å². The van der Waals surface area contributed by atoms with Gasteiger partial charge in [0.25, 0.3) is 0 Å². The number of rotatable bonds is 4. The van der Waals surface area contributed by atoms with Gasteiger partial charge in [-0.1, -0.05) is 22.0 Å². The van der Waals surface area contributed by atoms with Gasteiger partial charge in [-0.15, -0.1) is 11.3 Å². The number of amides is 1. The van der Waals surface area contributed by atoms with E-state index in [4.69, 9.17) is 5.11 Å². The molecule has 2 N–H and O–H groups in total. The zero-order valence-electron chi connectivity index (χ0n) is 10.2. The van der Waals surface area contributed by atoms with Crippen LogP contribution in [0.15, 0.2) is 46.3 Å². The summed E-state index contributed by atoms with van der Waals surface area (Å²) in [6.45, 7) is 0. The van der Waals surface area contributed by atoms with Gasteiger partial charge in [0.05, 0.1) is 11.3 Å². The number of hydrogen-bond acceptors (Lipinski definition) is 3. The molecule has 0 radical (unpaired) electrons. The highest BCUT2D eigenvalue weighted by atomic mass is 79.9. The molecule has 4 nitrogen and oxygen atoms in total. The molecule has 0 saturated carbocycles. The van der Waals surface area contributed by atoms with E-state index in [1.807, 2.05) is 17.5 Å². The quantitative estimate of drug-likeness (QED) is 0.821. The lowest BCUT2D eigenvalue weighted by Crippen LogP contribution is -2.11. The molecule has 0 saturated heterocycles. The Morgan fingerprint density at radius 3 is 2.75 bits per heavy atom. The first-order valence-electron chi connectivity index (χ1n) is 5.61. The maximum absolute atomic E-state index is 11.8. The number of carbonyl (C=O) groups excluding carboxylic acids is 1. The summed E-state index contributed by atoms with van der Waals surface area (Å²) in [5.74, 6) is -1.47. The minimum Gasteiger partial charge on any atom is -0.478 e. The van der Waals surface area contributed by atoms with E-state index < -0.39 is 5.97 Å². The molecule has 0 aliphatic heterocycles. The molecule has 20 heavy (non-hydrogen) atoms. The lowest BCUT2D eigenvalue weighted by atomic mass is 10.2. The van der Waals surface area contributed by atoms with Crippen LogP contribution in [0.2, 0.25) is 0 Å². The number of carboxylic acids is 1. The summed E-state index contributed by atoms with van der Waals surface area (Å²) in [5, 5.41) is 13.6. The number of halogens is 1. The molecule has 0 atom stereocenters. The number of nitrogens with one attached hydrogen (secondary N) is 1. The van der Waals surface area contributed by atoms with Crippen LogP contribution >= 0.6 is 27.3 Å². The van der Waals surface area contributed by atoms with Crippen LogP contribution in [0.5, 0.6) is 0 Å². The van der Waals surface area contributed by atoms with Crippen molar-refractivity contribution in [2.24, 2.45) is 0 Å². The molecule has 2 rings (SSSR count). The van der Waals surface area contributed by atoms with Gasteiger partial charge in [0.2, 0.25) is 5.91 Å². The highest BCUT2D eigenvalue weighted by Gasteiger charge is 2.11. The van der Waals surface area contributed by atoms with Crippen LogP contribution in [0.1, 0.15) is 15.2 Å². The summed E-state index contributed by atoms with van der Waals surface area (Å²) in [5.41, 5.74) is 0.304. The molecule has 0 fully saturated rings.